The SMILES string of the molecule is CCN(C(=O)c1c(Cl)c(Cl)cc(S(N)(=O)=O)c1Cl)C1CC1. The minimum Gasteiger partial charge on any atom is -0.336 e. The van der Waals surface area contributed by atoms with Gasteiger partial charge in [0.15, 0.2) is 0 Å². The first kappa shape index (κ1) is 16.8. The van der Waals surface area contributed by atoms with Crippen LogP contribution >= 0.6 is 34.8 Å². The summed E-state index contributed by atoms with van der Waals surface area (Å²) in [6.45, 7) is 2.29. The maximum Gasteiger partial charge on any atom is 0.257 e. The van der Waals surface area contributed by atoms with Crippen LogP contribution in [0.25, 0.3) is 0 Å². The van der Waals surface area contributed by atoms with Gasteiger partial charge in [-0.1, -0.05) is 34.8 Å². The molecule has 0 spiro atoms. The van der Waals surface area contributed by atoms with Crippen molar-refractivity contribution >= 4 is 50.7 Å². The molecule has 0 aromatic heterocycles. The number of carbonyl (C=O) groups excluding carboxylic acids is 1. The van der Waals surface area contributed by atoms with E-state index in [0.29, 0.717) is 6.54 Å². The molecule has 9 heteroatoms. The fourth-order valence-electron chi connectivity index (χ4n) is 2.07. The molecular formula is C12H13Cl3N2O3S. The van der Waals surface area contributed by atoms with Gasteiger partial charge < -0.3 is 4.90 Å². The van der Waals surface area contributed by atoms with Crippen molar-refractivity contribution in [1.29, 1.82) is 0 Å². The summed E-state index contributed by atoms with van der Waals surface area (Å²) in [6.07, 6.45) is 1.80. The molecule has 1 amide bonds. The van der Waals surface area contributed by atoms with Crippen molar-refractivity contribution in [2.45, 2.75) is 30.7 Å². The van der Waals surface area contributed by atoms with E-state index in [1.54, 1.807) is 4.90 Å². The topological polar surface area (TPSA) is 80.5 Å². The summed E-state index contributed by atoms with van der Waals surface area (Å²) in [6, 6.07) is 1.18. The molecule has 1 aromatic rings. The second kappa shape index (κ2) is 5.93. The molecule has 1 aliphatic rings. The molecule has 2 rings (SSSR count). The minimum absolute atomic E-state index is 0.0711. The fraction of sp³-hybridized carbons (Fsp3) is 0.417. The quantitative estimate of drug-likeness (QED) is 0.826. The molecule has 0 aliphatic heterocycles. The molecule has 0 bridgehead atoms. The fourth-order valence-corrected chi connectivity index (χ4v) is 3.81. The van der Waals surface area contributed by atoms with E-state index in [1.807, 2.05) is 6.92 Å². The summed E-state index contributed by atoms with van der Waals surface area (Å²) < 4.78 is 23.1. The molecule has 1 aliphatic carbocycles. The van der Waals surface area contributed by atoms with Crippen LogP contribution in [-0.4, -0.2) is 31.8 Å². The Bertz CT molecular complexity index is 702. The summed E-state index contributed by atoms with van der Waals surface area (Å²) in [5.74, 6) is -0.442. The van der Waals surface area contributed by atoms with Crippen molar-refractivity contribution < 1.29 is 13.2 Å². The number of hydrogen-bond acceptors (Lipinski definition) is 3. The zero-order valence-electron chi connectivity index (χ0n) is 11.1. The average molecular weight is 372 g/mol. The van der Waals surface area contributed by atoms with Crippen LogP contribution in [0.1, 0.15) is 30.1 Å². The second-order valence-corrected chi connectivity index (χ2v) is 7.42. The Morgan fingerprint density at radius 2 is 1.90 bits per heavy atom. The highest BCUT2D eigenvalue weighted by molar-refractivity contribution is 7.89. The number of carbonyl (C=O) groups is 1. The van der Waals surface area contributed by atoms with Crippen LogP contribution in [0.4, 0.5) is 0 Å². The largest absolute Gasteiger partial charge is 0.336 e. The third-order valence-electron chi connectivity index (χ3n) is 3.23. The van der Waals surface area contributed by atoms with E-state index in [1.165, 1.54) is 0 Å². The third-order valence-corrected chi connectivity index (χ3v) is 5.46. The smallest absolute Gasteiger partial charge is 0.257 e. The normalized spacial score (nSPS) is 15.1. The summed E-state index contributed by atoms with van der Waals surface area (Å²) >= 11 is 18.0. The van der Waals surface area contributed by atoms with E-state index in [-0.39, 0.29) is 26.7 Å². The highest BCUT2D eigenvalue weighted by Crippen LogP contribution is 2.38. The van der Waals surface area contributed by atoms with Crippen LogP contribution in [0.5, 0.6) is 0 Å². The van der Waals surface area contributed by atoms with Crippen LogP contribution in [0.15, 0.2) is 11.0 Å². The maximum atomic E-state index is 12.6. The average Bonchev–Trinajstić information content (AvgIpc) is 3.18. The second-order valence-electron chi connectivity index (χ2n) is 4.73. The molecule has 1 aromatic carbocycles. The number of sulfonamides is 1. The van der Waals surface area contributed by atoms with E-state index in [2.05, 4.69) is 0 Å². The van der Waals surface area contributed by atoms with E-state index in [4.69, 9.17) is 39.9 Å². The Labute approximate surface area is 138 Å². The number of nitrogens with two attached hydrogens (primary N) is 1. The molecule has 0 atom stereocenters. The van der Waals surface area contributed by atoms with Gasteiger partial charge in [0.2, 0.25) is 10.0 Å². The van der Waals surface area contributed by atoms with Crippen molar-refractivity contribution in [3.05, 3.63) is 26.7 Å². The van der Waals surface area contributed by atoms with Gasteiger partial charge in [0, 0.05) is 12.6 Å². The van der Waals surface area contributed by atoms with E-state index in [9.17, 15) is 13.2 Å². The molecule has 116 valence electrons. The van der Waals surface area contributed by atoms with Gasteiger partial charge >= 0.3 is 0 Å². The predicted molar refractivity (Wildman–Crippen MR) is 82.6 cm³/mol. The van der Waals surface area contributed by atoms with Gasteiger partial charge in [0.1, 0.15) is 4.90 Å². The zero-order chi connectivity index (χ0) is 15.9. The highest BCUT2D eigenvalue weighted by atomic mass is 35.5. The lowest BCUT2D eigenvalue weighted by Crippen LogP contribution is -2.33. The monoisotopic (exact) mass is 370 g/mol. The maximum absolute atomic E-state index is 12.6. The van der Waals surface area contributed by atoms with Crippen LogP contribution in [0.3, 0.4) is 0 Å². The molecule has 0 unspecified atom stereocenters. The van der Waals surface area contributed by atoms with Crippen LogP contribution < -0.4 is 5.14 Å². The predicted octanol–water partition coefficient (Wildman–Crippen LogP) is 2.92. The number of benzene rings is 1. The van der Waals surface area contributed by atoms with Crippen LogP contribution in [-0.2, 0) is 10.0 Å². The van der Waals surface area contributed by atoms with Gasteiger partial charge in [-0.3, -0.25) is 4.79 Å². The Morgan fingerprint density at radius 3 is 2.33 bits per heavy atom. The number of halogens is 3. The van der Waals surface area contributed by atoms with Crippen molar-refractivity contribution in [3.8, 4) is 0 Å². The van der Waals surface area contributed by atoms with Crippen molar-refractivity contribution in [2.75, 3.05) is 6.54 Å². The van der Waals surface area contributed by atoms with E-state index in [0.717, 1.165) is 18.9 Å². The lowest BCUT2D eigenvalue weighted by Gasteiger charge is -2.22. The first-order valence-corrected chi connectivity index (χ1v) is 8.87. The van der Waals surface area contributed by atoms with Gasteiger partial charge in [-0.2, -0.15) is 0 Å². The molecule has 0 saturated heterocycles. The number of hydrogen-bond donors (Lipinski definition) is 1. The molecule has 0 heterocycles. The number of amides is 1. The molecule has 2 N–H and O–H groups in total. The standard InChI is InChI=1S/C12H13Cl3N2O3S/c1-2-17(6-3-4-6)12(18)9-10(14)7(13)5-8(11(9)15)21(16,19)20/h5-6H,2-4H2,1H3,(H2,16,19,20). The Balaban J connectivity index is 2.62. The summed E-state index contributed by atoms with van der Waals surface area (Å²) in [5.41, 5.74) is -0.122. The van der Waals surface area contributed by atoms with Gasteiger partial charge in [0.25, 0.3) is 5.91 Å². The van der Waals surface area contributed by atoms with Crippen molar-refractivity contribution in [3.63, 3.8) is 0 Å². The molecule has 1 fully saturated rings. The Kier molecular flexibility index (Phi) is 4.75. The molecular weight excluding hydrogens is 359 g/mol. The van der Waals surface area contributed by atoms with Gasteiger partial charge in [-0.15, -0.1) is 0 Å². The number of primary sulfonamides is 1. The Morgan fingerprint density at radius 1 is 1.33 bits per heavy atom. The summed E-state index contributed by atoms with van der Waals surface area (Å²) in [5, 5.41) is 4.64. The van der Waals surface area contributed by atoms with E-state index < -0.39 is 20.8 Å². The molecule has 21 heavy (non-hydrogen) atoms. The third kappa shape index (κ3) is 3.29. The first-order chi connectivity index (χ1) is 9.68. The lowest BCUT2D eigenvalue weighted by molar-refractivity contribution is 0.0752. The van der Waals surface area contributed by atoms with Crippen LogP contribution in [0, 0.1) is 0 Å². The molecule has 1 saturated carbocycles. The summed E-state index contributed by atoms with van der Waals surface area (Å²) in [7, 11) is -4.11. The minimum atomic E-state index is -4.11. The van der Waals surface area contributed by atoms with Gasteiger partial charge in [-0.05, 0) is 25.8 Å². The number of nitrogens with zero attached hydrogens (tertiary/aromatic N) is 1. The van der Waals surface area contributed by atoms with Crippen LogP contribution in [0.2, 0.25) is 15.1 Å². The molecule has 5 nitrogen and oxygen atoms in total. The molecule has 0 radical (unpaired) electrons. The highest BCUT2D eigenvalue weighted by Gasteiger charge is 2.35. The van der Waals surface area contributed by atoms with Crippen molar-refractivity contribution in [1.82, 2.24) is 4.90 Å². The first-order valence-electron chi connectivity index (χ1n) is 6.19. The van der Waals surface area contributed by atoms with Gasteiger partial charge in [-0.25, -0.2) is 13.6 Å². The number of rotatable bonds is 4. The zero-order valence-corrected chi connectivity index (χ0v) is 14.2. The summed E-state index contributed by atoms with van der Waals surface area (Å²) in [4.78, 5) is 13.8. The lowest BCUT2D eigenvalue weighted by atomic mass is 10.2. The van der Waals surface area contributed by atoms with Gasteiger partial charge in [0.05, 0.1) is 20.6 Å². The van der Waals surface area contributed by atoms with Crippen molar-refractivity contribution in [2.24, 2.45) is 5.14 Å². The Hall–Kier alpha value is -0.530. The van der Waals surface area contributed by atoms with E-state index >= 15 is 0 Å².